The Morgan fingerprint density at radius 1 is 1.10 bits per heavy atom. The van der Waals surface area contributed by atoms with E-state index >= 15 is 0 Å². The van der Waals surface area contributed by atoms with Crippen LogP contribution in [-0.2, 0) is 27.8 Å². The fourth-order valence-electron chi connectivity index (χ4n) is 5.30. The van der Waals surface area contributed by atoms with Gasteiger partial charge < -0.3 is 9.47 Å². The molecule has 0 saturated carbocycles. The van der Waals surface area contributed by atoms with Crippen LogP contribution in [0.3, 0.4) is 0 Å². The van der Waals surface area contributed by atoms with Gasteiger partial charge in [-0.3, -0.25) is 9.88 Å². The first-order valence-corrected chi connectivity index (χ1v) is 17.6. The topological polar surface area (TPSA) is 99.4 Å². The van der Waals surface area contributed by atoms with E-state index in [0.717, 1.165) is 46.9 Å². The summed E-state index contributed by atoms with van der Waals surface area (Å²) in [4.78, 5) is 11.6. The summed E-state index contributed by atoms with van der Waals surface area (Å²) in [6.07, 6.45) is 4.31. The van der Waals surface area contributed by atoms with Crippen molar-refractivity contribution in [3.63, 3.8) is 0 Å². The van der Waals surface area contributed by atoms with E-state index in [4.69, 9.17) is 14.5 Å². The van der Waals surface area contributed by atoms with E-state index in [1.54, 1.807) is 12.4 Å². The molecule has 2 fully saturated rings. The van der Waals surface area contributed by atoms with Gasteiger partial charge in [0.1, 0.15) is 12.5 Å². The number of hydrogen-bond acceptors (Lipinski definition) is 8. The van der Waals surface area contributed by atoms with Crippen LogP contribution in [0, 0.1) is 0 Å². The van der Waals surface area contributed by atoms with Crippen molar-refractivity contribution in [2.45, 2.75) is 50.1 Å². The van der Waals surface area contributed by atoms with Gasteiger partial charge in [0, 0.05) is 63.9 Å². The molecule has 0 N–H and O–H groups in total. The molecule has 2 bridgehead atoms. The second-order valence-electron chi connectivity index (χ2n) is 10.6. The van der Waals surface area contributed by atoms with Crippen molar-refractivity contribution in [2.24, 2.45) is 0 Å². The first-order valence-electron chi connectivity index (χ1n) is 13.2. The third kappa shape index (κ3) is 5.76. The van der Waals surface area contributed by atoms with E-state index < -0.39 is 9.84 Å². The van der Waals surface area contributed by atoms with Gasteiger partial charge in [0.15, 0.2) is 9.84 Å². The fraction of sp³-hybridized carbons (Fsp3) is 0.393. The lowest BCUT2D eigenvalue weighted by atomic mass is 10.2. The van der Waals surface area contributed by atoms with Crippen molar-refractivity contribution in [3.05, 3.63) is 66.6 Å². The van der Waals surface area contributed by atoms with Crippen LogP contribution >= 0.6 is 0 Å². The van der Waals surface area contributed by atoms with E-state index in [1.165, 1.54) is 0 Å². The molecule has 11 heteroatoms. The standard InChI is InChI=1S/C28H32N5O4SSi/c1-39(2)12-11-36-19-33-27(9-10-30-33)21-4-8-28(29-15-21)37-24-6-7-26-20(13-24)3-5-22(31-26)16-32-17-25-14-23(32)18-38(25,34)35/h3-10,13,15,23,25H,11-12,14,16-19H2,1-2H3. The van der Waals surface area contributed by atoms with E-state index in [-0.39, 0.29) is 25.8 Å². The Balaban J connectivity index is 1.08. The van der Waals surface area contributed by atoms with E-state index in [1.807, 2.05) is 53.2 Å². The van der Waals surface area contributed by atoms with Gasteiger partial charge in [-0.05, 0) is 48.9 Å². The minimum absolute atomic E-state index is 0.122. The van der Waals surface area contributed by atoms with Gasteiger partial charge in [0.05, 0.1) is 27.9 Å². The summed E-state index contributed by atoms with van der Waals surface area (Å²) in [5, 5.41) is 5.15. The molecule has 39 heavy (non-hydrogen) atoms. The number of ether oxygens (including phenoxy) is 2. The van der Waals surface area contributed by atoms with Crippen molar-refractivity contribution < 1.29 is 17.9 Å². The minimum Gasteiger partial charge on any atom is -0.439 e. The normalized spacial score (nSPS) is 20.3. The van der Waals surface area contributed by atoms with Gasteiger partial charge in [-0.2, -0.15) is 5.10 Å². The van der Waals surface area contributed by atoms with Crippen LogP contribution in [0.4, 0.5) is 0 Å². The molecule has 2 aliphatic heterocycles. The maximum Gasteiger partial charge on any atom is 0.219 e. The highest BCUT2D eigenvalue weighted by molar-refractivity contribution is 7.92. The first-order chi connectivity index (χ1) is 18.8. The molecule has 2 saturated heterocycles. The molecule has 2 unspecified atom stereocenters. The summed E-state index contributed by atoms with van der Waals surface area (Å²) in [6, 6.07) is 16.9. The third-order valence-electron chi connectivity index (χ3n) is 7.44. The first kappa shape index (κ1) is 26.1. The number of likely N-dealkylation sites (tertiary alicyclic amines) is 1. The van der Waals surface area contributed by atoms with Crippen LogP contribution in [-0.4, -0.2) is 72.1 Å². The predicted molar refractivity (Wildman–Crippen MR) is 152 cm³/mol. The highest BCUT2D eigenvalue weighted by Crippen LogP contribution is 2.34. The van der Waals surface area contributed by atoms with Gasteiger partial charge in [-0.1, -0.05) is 19.2 Å². The SMILES string of the molecule is C[Si](C)CCOCn1nccc1-c1ccc(Oc2ccc3nc(CN4CC5CC4CS5(=O)=O)ccc3c2)nc1. The Morgan fingerprint density at radius 2 is 2.00 bits per heavy atom. The molecule has 4 aromatic rings. The molecule has 9 nitrogen and oxygen atoms in total. The fourth-order valence-corrected chi connectivity index (χ4v) is 7.94. The molecule has 203 valence electrons. The maximum absolute atomic E-state index is 12.0. The van der Waals surface area contributed by atoms with Gasteiger partial charge in [0.2, 0.25) is 5.88 Å². The summed E-state index contributed by atoms with van der Waals surface area (Å²) in [5.41, 5.74) is 3.72. The van der Waals surface area contributed by atoms with Crippen molar-refractivity contribution in [1.29, 1.82) is 0 Å². The summed E-state index contributed by atoms with van der Waals surface area (Å²) < 4.78 is 37.8. The Bertz CT molecular complexity index is 1570. The van der Waals surface area contributed by atoms with Crippen LogP contribution in [0.15, 0.2) is 60.9 Å². The Morgan fingerprint density at radius 3 is 2.74 bits per heavy atom. The van der Waals surface area contributed by atoms with Gasteiger partial charge in [0.25, 0.3) is 0 Å². The van der Waals surface area contributed by atoms with Crippen LogP contribution < -0.4 is 4.74 Å². The number of sulfone groups is 1. The van der Waals surface area contributed by atoms with Crippen molar-refractivity contribution in [2.75, 3.05) is 18.9 Å². The minimum atomic E-state index is -2.89. The molecule has 2 aliphatic rings. The molecule has 1 aromatic carbocycles. The van der Waals surface area contributed by atoms with Gasteiger partial charge in [-0.15, -0.1) is 0 Å². The Kier molecular flexibility index (Phi) is 7.23. The van der Waals surface area contributed by atoms with Crippen LogP contribution in [0.25, 0.3) is 22.2 Å². The Hall–Kier alpha value is -3.12. The molecule has 0 spiro atoms. The highest BCUT2D eigenvalue weighted by Gasteiger charge is 2.48. The maximum atomic E-state index is 12.0. The lowest BCUT2D eigenvalue weighted by molar-refractivity contribution is 0.0801. The lowest BCUT2D eigenvalue weighted by Crippen LogP contribution is -2.40. The van der Waals surface area contributed by atoms with E-state index in [0.29, 0.717) is 31.4 Å². The average molecular weight is 563 g/mol. The van der Waals surface area contributed by atoms with E-state index in [2.05, 4.69) is 28.1 Å². The zero-order valence-corrected chi connectivity index (χ0v) is 24.0. The smallest absolute Gasteiger partial charge is 0.219 e. The summed E-state index contributed by atoms with van der Waals surface area (Å²) in [5.74, 6) is 1.47. The summed E-state index contributed by atoms with van der Waals surface area (Å²) >= 11 is 0. The molecular formula is C28H32N5O4SSi. The molecule has 6 rings (SSSR count). The quantitative estimate of drug-likeness (QED) is 0.207. The summed E-state index contributed by atoms with van der Waals surface area (Å²) in [7, 11) is -3.18. The monoisotopic (exact) mass is 562 g/mol. The molecular weight excluding hydrogens is 530 g/mol. The number of fused-ring (bicyclic) bond motifs is 3. The number of benzene rings is 1. The predicted octanol–water partition coefficient (Wildman–Crippen LogP) is 4.39. The van der Waals surface area contributed by atoms with Crippen molar-refractivity contribution in [3.8, 4) is 22.9 Å². The number of pyridine rings is 2. The third-order valence-corrected chi connectivity index (χ3v) is 10.8. The van der Waals surface area contributed by atoms with Crippen LogP contribution in [0.1, 0.15) is 12.1 Å². The molecule has 0 aliphatic carbocycles. The second kappa shape index (κ2) is 10.8. The second-order valence-corrected chi connectivity index (χ2v) is 15.9. The largest absolute Gasteiger partial charge is 0.439 e. The van der Waals surface area contributed by atoms with E-state index in [9.17, 15) is 8.42 Å². The zero-order chi connectivity index (χ0) is 27.0. The van der Waals surface area contributed by atoms with Gasteiger partial charge in [-0.25, -0.2) is 18.1 Å². The molecule has 1 radical (unpaired) electrons. The lowest BCUT2D eigenvalue weighted by Gasteiger charge is -2.26. The van der Waals surface area contributed by atoms with Crippen LogP contribution in [0.2, 0.25) is 19.1 Å². The van der Waals surface area contributed by atoms with Crippen LogP contribution in [0.5, 0.6) is 11.6 Å². The molecule has 5 heterocycles. The van der Waals surface area contributed by atoms with Crippen molar-refractivity contribution >= 4 is 29.5 Å². The number of nitrogens with zero attached hydrogens (tertiary/aromatic N) is 5. The average Bonchev–Trinajstić information content (AvgIpc) is 3.61. The molecule has 3 aromatic heterocycles. The number of hydrogen-bond donors (Lipinski definition) is 0. The summed E-state index contributed by atoms with van der Waals surface area (Å²) in [6.45, 7) is 7.02. The number of aromatic nitrogens is 4. The highest BCUT2D eigenvalue weighted by atomic mass is 32.2. The molecule has 2 atom stereocenters. The zero-order valence-electron chi connectivity index (χ0n) is 22.2. The van der Waals surface area contributed by atoms with Crippen molar-refractivity contribution in [1.82, 2.24) is 24.6 Å². The number of rotatable bonds is 10. The Labute approximate surface area is 230 Å². The van der Waals surface area contributed by atoms with Gasteiger partial charge >= 0.3 is 0 Å². The molecule has 0 amide bonds.